The summed E-state index contributed by atoms with van der Waals surface area (Å²) in [6, 6.07) is 7.93. The first-order chi connectivity index (χ1) is 13.9. The number of amides is 2. The average Bonchev–Trinajstić information content (AvgIpc) is 2.69. The third-order valence-corrected chi connectivity index (χ3v) is 4.35. The number of nitrogens with one attached hydrogen (secondary N) is 2. The zero-order chi connectivity index (χ0) is 21.4. The lowest BCUT2D eigenvalue weighted by molar-refractivity contribution is -0.126. The van der Waals surface area contributed by atoms with Crippen LogP contribution >= 0.6 is 23.2 Å². The van der Waals surface area contributed by atoms with Gasteiger partial charge in [-0.25, -0.2) is 5.43 Å². The number of methoxy groups -OCH3 is 3. The van der Waals surface area contributed by atoms with Crippen LogP contribution in [-0.2, 0) is 9.59 Å². The predicted molar refractivity (Wildman–Crippen MR) is 112 cm³/mol. The van der Waals surface area contributed by atoms with Crippen LogP contribution in [0.4, 0.5) is 5.69 Å². The Hall–Kier alpha value is -2.97. The van der Waals surface area contributed by atoms with Gasteiger partial charge in [-0.05, 0) is 30.3 Å². The number of hydrogen-bond donors (Lipinski definition) is 2. The molecule has 10 heteroatoms. The summed E-state index contributed by atoms with van der Waals surface area (Å²) in [6.45, 7) is 0. The maximum absolute atomic E-state index is 11.9. The molecule has 0 spiro atoms. The Bertz CT molecular complexity index is 909. The van der Waals surface area contributed by atoms with E-state index >= 15 is 0 Å². The molecule has 2 aromatic carbocycles. The largest absolute Gasteiger partial charge is 0.493 e. The molecule has 0 radical (unpaired) electrons. The van der Waals surface area contributed by atoms with Crippen LogP contribution in [0, 0.1) is 0 Å². The number of halogens is 2. The second kappa shape index (κ2) is 10.5. The molecule has 0 unspecified atom stereocenters. The minimum atomic E-state index is -0.591. The molecule has 2 aromatic rings. The van der Waals surface area contributed by atoms with E-state index in [-0.39, 0.29) is 0 Å². The van der Waals surface area contributed by atoms with Gasteiger partial charge in [0, 0.05) is 11.3 Å². The molecule has 0 aliphatic carbocycles. The number of carbonyl (C=O) groups excluding carboxylic acids is 2. The number of ether oxygens (including phenoxy) is 3. The van der Waals surface area contributed by atoms with Gasteiger partial charge in [0.05, 0.1) is 37.6 Å². The molecular formula is C19H19Cl2N3O5. The quantitative estimate of drug-likeness (QED) is 0.372. The Kier molecular flexibility index (Phi) is 8.11. The summed E-state index contributed by atoms with van der Waals surface area (Å²) in [5, 5.41) is 7.05. The Morgan fingerprint density at radius 3 is 2.17 bits per heavy atom. The summed E-state index contributed by atoms with van der Waals surface area (Å²) in [7, 11) is 4.48. The van der Waals surface area contributed by atoms with E-state index < -0.39 is 18.2 Å². The second-order valence-electron chi connectivity index (χ2n) is 5.61. The third kappa shape index (κ3) is 6.27. The average molecular weight is 440 g/mol. The zero-order valence-corrected chi connectivity index (χ0v) is 17.4. The normalized spacial score (nSPS) is 10.5. The van der Waals surface area contributed by atoms with Gasteiger partial charge in [-0.1, -0.05) is 23.2 Å². The van der Waals surface area contributed by atoms with Gasteiger partial charge in [-0.2, -0.15) is 5.10 Å². The highest BCUT2D eigenvalue weighted by Crippen LogP contribution is 2.37. The van der Waals surface area contributed by atoms with E-state index in [2.05, 4.69) is 15.8 Å². The molecule has 0 fully saturated rings. The molecule has 0 aliphatic rings. The molecule has 0 aromatic heterocycles. The fraction of sp³-hybridized carbons (Fsp3) is 0.211. The molecule has 154 valence electrons. The minimum Gasteiger partial charge on any atom is -0.493 e. The van der Waals surface area contributed by atoms with Gasteiger partial charge in [0.2, 0.25) is 17.6 Å². The van der Waals surface area contributed by atoms with Crippen LogP contribution in [0.15, 0.2) is 35.4 Å². The maximum Gasteiger partial charge on any atom is 0.249 e. The number of benzene rings is 2. The van der Waals surface area contributed by atoms with Crippen molar-refractivity contribution in [1.29, 1.82) is 0 Å². The van der Waals surface area contributed by atoms with Gasteiger partial charge in [0.1, 0.15) is 6.42 Å². The molecular weight excluding hydrogens is 421 g/mol. The molecule has 0 saturated carbocycles. The van der Waals surface area contributed by atoms with E-state index in [1.54, 1.807) is 24.3 Å². The summed E-state index contributed by atoms with van der Waals surface area (Å²) >= 11 is 11.7. The topological polar surface area (TPSA) is 98.2 Å². The predicted octanol–water partition coefficient (Wildman–Crippen LogP) is 3.50. The number of anilines is 1. The summed E-state index contributed by atoms with van der Waals surface area (Å²) < 4.78 is 15.7. The summed E-state index contributed by atoms with van der Waals surface area (Å²) in [6.07, 6.45) is 0.964. The molecule has 2 N–H and O–H groups in total. The van der Waals surface area contributed by atoms with E-state index in [1.165, 1.54) is 33.6 Å². The first kappa shape index (κ1) is 22.3. The summed E-state index contributed by atoms with van der Waals surface area (Å²) in [5.74, 6) is 0.214. The number of hydrazone groups is 1. The molecule has 0 saturated heterocycles. The fourth-order valence-corrected chi connectivity index (χ4v) is 2.62. The van der Waals surface area contributed by atoms with Crippen LogP contribution < -0.4 is 25.0 Å². The molecule has 29 heavy (non-hydrogen) atoms. The van der Waals surface area contributed by atoms with Gasteiger partial charge in [-0.15, -0.1) is 0 Å². The number of nitrogens with zero attached hydrogens (tertiary/aromatic N) is 1. The highest BCUT2D eigenvalue weighted by Gasteiger charge is 2.13. The van der Waals surface area contributed by atoms with E-state index in [4.69, 9.17) is 37.4 Å². The Morgan fingerprint density at radius 2 is 1.62 bits per heavy atom. The SMILES string of the molecule is COc1cc(/C=N/NC(=O)CC(=O)Nc2ccc(Cl)c(Cl)c2)cc(OC)c1OC. The fourth-order valence-electron chi connectivity index (χ4n) is 2.32. The van der Waals surface area contributed by atoms with Gasteiger partial charge >= 0.3 is 0 Å². The van der Waals surface area contributed by atoms with Crippen LogP contribution in [0.3, 0.4) is 0 Å². The Labute approximate surface area is 177 Å². The Morgan fingerprint density at radius 1 is 0.966 bits per heavy atom. The van der Waals surface area contributed by atoms with Crippen LogP contribution in [0.1, 0.15) is 12.0 Å². The molecule has 0 aliphatic heterocycles. The van der Waals surface area contributed by atoms with Crippen molar-refractivity contribution in [1.82, 2.24) is 5.43 Å². The standard InChI is InChI=1S/C19H19Cl2N3O5/c1-27-15-6-11(7-16(28-2)19(15)29-3)10-22-24-18(26)9-17(25)23-12-4-5-13(20)14(21)8-12/h4-8,10H,9H2,1-3H3,(H,23,25)(H,24,26)/b22-10+. The van der Waals surface area contributed by atoms with Crippen molar-refractivity contribution in [2.75, 3.05) is 26.6 Å². The van der Waals surface area contributed by atoms with Crippen molar-refractivity contribution in [3.05, 3.63) is 45.9 Å². The molecule has 2 amide bonds. The highest BCUT2D eigenvalue weighted by atomic mass is 35.5. The first-order valence-corrected chi connectivity index (χ1v) is 9.00. The van der Waals surface area contributed by atoms with E-state index in [0.717, 1.165) is 0 Å². The molecule has 0 atom stereocenters. The maximum atomic E-state index is 11.9. The summed E-state index contributed by atoms with van der Waals surface area (Å²) in [5.41, 5.74) is 3.31. The van der Waals surface area contributed by atoms with Crippen molar-refractivity contribution in [2.45, 2.75) is 6.42 Å². The zero-order valence-electron chi connectivity index (χ0n) is 15.9. The van der Waals surface area contributed by atoms with Crippen molar-refractivity contribution in [3.8, 4) is 17.2 Å². The van der Waals surface area contributed by atoms with Crippen molar-refractivity contribution < 1.29 is 23.8 Å². The van der Waals surface area contributed by atoms with Gasteiger partial charge in [0.25, 0.3) is 0 Å². The van der Waals surface area contributed by atoms with Crippen LogP contribution in [0.5, 0.6) is 17.2 Å². The van der Waals surface area contributed by atoms with Gasteiger partial charge in [-0.3, -0.25) is 9.59 Å². The number of carbonyl (C=O) groups is 2. The monoisotopic (exact) mass is 439 g/mol. The molecule has 8 nitrogen and oxygen atoms in total. The smallest absolute Gasteiger partial charge is 0.249 e. The van der Waals surface area contributed by atoms with Crippen LogP contribution in [-0.4, -0.2) is 39.4 Å². The molecule has 0 heterocycles. The van der Waals surface area contributed by atoms with Gasteiger partial charge in [0.15, 0.2) is 11.5 Å². The lowest BCUT2D eigenvalue weighted by Crippen LogP contribution is -2.24. The van der Waals surface area contributed by atoms with E-state index in [0.29, 0.717) is 38.5 Å². The van der Waals surface area contributed by atoms with Crippen molar-refractivity contribution >= 4 is 46.9 Å². The second-order valence-corrected chi connectivity index (χ2v) is 6.42. The van der Waals surface area contributed by atoms with E-state index in [1.807, 2.05) is 0 Å². The number of hydrogen-bond acceptors (Lipinski definition) is 6. The van der Waals surface area contributed by atoms with Crippen molar-refractivity contribution in [2.24, 2.45) is 5.10 Å². The lowest BCUT2D eigenvalue weighted by atomic mass is 10.2. The van der Waals surface area contributed by atoms with Crippen LogP contribution in [0.25, 0.3) is 0 Å². The highest BCUT2D eigenvalue weighted by molar-refractivity contribution is 6.42. The molecule has 2 rings (SSSR count). The Balaban J connectivity index is 1.95. The van der Waals surface area contributed by atoms with E-state index in [9.17, 15) is 9.59 Å². The minimum absolute atomic E-state index is 0.295. The van der Waals surface area contributed by atoms with Crippen molar-refractivity contribution in [3.63, 3.8) is 0 Å². The lowest BCUT2D eigenvalue weighted by Gasteiger charge is -2.12. The summed E-state index contributed by atoms with van der Waals surface area (Å²) in [4.78, 5) is 23.8. The van der Waals surface area contributed by atoms with Crippen LogP contribution in [0.2, 0.25) is 10.0 Å². The third-order valence-electron chi connectivity index (χ3n) is 3.61. The first-order valence-electron chi connectivity index (χ1n) is 8.24. The number of rotatable bonds is 8. The molecule has 0 bridgehead atoms. The van der Waals surface area contributed by atoms with Gasteiger partial charge < -0.3 is 19.5 Å².